The minimum absolute atomic E-state index is 0.0961. The highest BCUT2D eigenvalue weighted by Crippen LogP contribution is 2.34. The lowest BCUT2D eigenvalue weighted by Gasteiger charge is -2.32. The van der Waals surface area contributed by atoms with Crippen LogP contribution in [0.15, 0.2) is 72.8 Å². The Morgan fingerprint density at radius 1 is 0.967 bits per heavy atom. The second kappa shape index (κ2) is 8.91. The minimum atomic E-state index is -0.466. The second-order valence-corrected chi connectivity index (χ2v) is 7.29. The Labute approximate surface area is 177 Å². The molecule has 4 rings (SSSR count). The molecule has 0 unspecified atom stereocenters. The van der Waals surface area contributed by atoms with Crippen molar-refractivity contribution < 1.29 is 14.3 Å². The lowest BCUT2D eigenvalue weighted by molar-refractivity contribution is -0.117. The van der Waals surface area contributed by atoms with Crippen LogP contribution in [0.5, 0.6) is 11.5 Å². The molecule has 0 aromatic heterocycles. The molecule has 3 aromatic carbocycles. The molecule has 0 spiro atoms. The SMILES string of the molecule is CCN(c1cccc(C)c1)[C@@H](C(=O)Nc1ccc2c(c1)OCCO2)c1ccccc1. The molecule has 30 heavy (non-hydrogen) atoms. The Morgan fingerprint density at radius 2 is 1.73 bits per heavy atom. The highest BCUT2D eigenvalue weighted by atomic mass is 16.6. The molecule has 3 aromatic rings. The summed E-state index contributed by atoms with van der Waals surface area (Å²) in [4.78, 5) is 15.6. The summed E-state index contributed by atoms with van der Waals surface area (Å²) in [6.07, 6.45) is 0. The summed E-state index contributed by atoms with van der Waals surface area (Å²) in [6, 6.07) is 23.1. The van der Waals surface area contributed by atoms with Gasteiger partial charge in [-0.2, -0.15) is 0 Å². The Kier molecular flexibility index (Phi) is 5.89. The summed E-state index contributed by atoms with van der Waals surface area (Å²) in [7, 11) is 0. The van der Waals surface area contributed by atoms with Crippen LogP contribution in [0.2, 0.25) is 0 Å². The van der Waals surface area contributed by atoms with Gasteiger partial charge in [0, 0.05) is 24.0 Å². The van der Waals surface area contributed by atoms with E-state index in [-0.39, 0.29) is 5.91 Å². The molecule has 1 N–H and O–H groups in total. The molecule has 1 aliphatic rings. The molecule has 1 heterocycles. The predicted octanol–water partition coefficient (Wildman–Crippen LogP) is 4.97. The zero-order valence-corrected chi connectivity index (χ0v) is 17.3. The van der Waals surface area contributed by atoms with Crippen LogP contribution in [-0.4, -0.2) is 25.7 Å². The zero-order chi connectivity index (χ0) is 20.9. The highest BCUT2D eigenvalue weighted by Gasteiger charge is 2.27. The molecule has 5 heteroatoms. The van der Waals surface area contributed by atoms with Gasteiger partial charge in [0.2, 0.25) is 0 Å². The fraction of sp³-hybridized carbons (Fsp3) is 0.240. The molecule has 154 valence electrons. The van der Waals surface area contributed by atoms with E-state index in [0.717, 1.165) is 16.8 Å². The molecular weight excluding hydrogens is 376 g/mol. The maximum absolute atomic E-state index is 13.5. The zero-order valence-electron chi connectivity index (χ0n) is 17.3. The fourth-order valence-electron chi connectivity index (χ4n) is 3.76. The van der Waals surface area contributed by atoms with Crippen molar-refractivity contribution in [2.24, 2.45) is 0 Å². The lowest BCUT2D eigenvalue weighted by atomic mass is 10.0. The van der Waals surface area contributed by atoms with Crippen molar-refractivity contribution in [2.75, 3.05) is 30.0 Å². The average Bonchev–Trinajstić information content (AvgIpc) is 2.77. The number of benzene rings is 3. The van der Waals surface area contributed by atoms with Crippen LogP contribution in [0.25, 0.3) is 0 Å². The third kappa shape index (κ3) is 4.25. The van der Waals surface area contributed by atoms with Crippen LogP contribution < -0.4 is 19.7 Å². The molecule has 1 amide bonds. The first-order valence-corrected chi connectivity index (χ1v) is 10.2. The quantitative estimate of drug-likeness (QED) is 0.632. The first-order valence-electron chi connectivity index (χ1n) is 10.2. The van der Waals surface area contributed by atoms with Gasteiger partial charge in [0.15, 0.2) is 11.5 Å². The normalized spacial score (nSPS) is 13.4. The number of aryl methyl sites for hydroxylation is 1. The fourth-order valence-corrected chi connectivity index (χ4v) is 3.76. The van der Waals surface area contributed by atoms with Gasteiger partial charge in [0.25, 0.3) is 5.91 Å². The Bertz CT molecular complexity index is 1020. The molecule has 0 saturated heterocycles. The molecule has 1 aliphatic heterocycles. The van der Waals surface area contributed by atoms with Crippen LogP contribution in [0, 0.1) is 6.92 Å². The van der Waals surface area contributed by atoms with Crippen LogP contribution in [0.4, 0.5) is 11.4 Å². The van der Waals surface area contributed by atoms with Crippen LogP contribution in [-0.2, 0) is 4.79 Å². The van der Waals surface area contributed by atoms with Gasteiger partial charge in [-0.15, -0.1) is 0 Å². The number of likely N-dealkylation sites (N-methyl/N-ethyl adjacent to an activating group) is 1. The monoisotopic (exact) mass is 402 g/mol. The van der Waals surface area contributed by atoms with Crippen molar-refractivity contribution in [3.8, 4) is 11.5 Å². The van der Waals surface area contributed by atoms with E-state index in [1.807, 2.05) is 60.7 Å². The number of anilines is 2. The summed E-state index contributed by atoms with van der Waals surface area (Å²) in [5.41, 5.74) is 3.80. The summed E-state index contributed by atoms with van der Waals surface area (Å²) >= 11 is 0. The molecule has 5 nitrogen and oxygen atoms in total. The number of hydrogen-bond acceptors (Lipinski definition) is 4. The number of carbonyl (C=O) groups excluding carboxylic acids is 1. The Balaban J connectivity index is 1.66. The van der Waals surface area contributed by atoms with E-state index >= 15 is 0 Å². The van der Waals surface area contributed by atoms with E-state index in [4.69, 9.17) is 9.47 Å². The van der Waals surface area contributed by atoms with Crippen molar-refractivity contribution in [3.63, 3.8) is 0 Å². The molecule has 1 atom stereocenters. The van der Waals surface area contributed by atoms with Gasteiger partial charge in [0.1, 0.15) is 19.3 Å². The van der Waals surface area contributed by atoms with Crippen molar-refractivity contribution in [1.82, 2.24) is 0 Å². The standard InChI is InChI=1S/C25H26N2O3/c1-3-27(21-11-7-8-18(2)16-21)24(19-9-5-4-6-10-19)25(28)26-20-12-13-22-23(17-20)30-15-14-29-22/h4-13,16-17,24H,3,14-15H2,1-2H3,(H,26,28)/t24-/m1/s1. The second-order valence-electron chi connectivity index (χ2n) is 7.29. The van der Waals surface area contributed by atoms with Gasteiger partial charge in [0.05, 0.1) is 0 Å². The van der Waals surface area contributed by atoms with Gasteiger partial charge in [-0.3, -0.25) is 4.79 Å². The van der Waals surface area contributed by atoms with E-state index in [1.54, 1.807) is 0 Å². The third-order valence-corrected chi connectivity index (χ3v) is 5.16. The maximum atomic E-state index is 13.5. The largest absolute Gasteiger partial charge is 0.486 e. The maximum Gasteiger partial charge on any atom is 0.251 e. The third-order valence-electron chi connectivity index (χ3n) is 5.16. The number of rotatable bonds is 6. The van der Waals surface area contributed by atoms with Gasteiger partial charge in [-0.25, -0.2) is 0 Å². The molecule has 0 radical (unpaired) electrons. The lowest BCUT2D eigenvalue weighted by Crippen LogP contribution is -2.37. The van der Waals surface area contributed by atoms with Gasteiger partial charge in [-0.1, -0.05) is 42.5 Å². The number of nitrogens with one attached hydrogen (secondary N) is 1. The molecule has 0 aliphatic carbocycles. The summed E-state index contributed by atoms with van der Waals surface area (Å²) in [5.74, 6) is 1.26. The first-order chi connectivity index (χ1) is 14.7. The Hall–Kier alpha value is -3.47. The topological polar surface area (TPSA) is 50.8 Å². The van der Waals surface area contributed by atoms with Crippen LogP contribution in [0.3, 0.4) is 0 Å². The van der Waals surface area contributed by atoms with Gasteiger partial charge >= 0.3 is 0 Å². The predicted molar refractivity (Wildman–Crippen MR) is 119 cm³/mol. The highest BCUT2D eigenvalue weighted by molar-refractivity contribution is 5.98. The van der Waals surface area contributed by atoms with E-state index in [1.165, 1.54) is 0 Å². The molecule has 0 saturated carbocycles. The minimum Gasteiger partial charge on any atom is -0.486 e. The number of hydrogen-bond donors (Lipinski definition) is 1. The average molecular weight is 402 g/mol. The smallest absolute Gasteiger partial charge is 0.251 e. The van der Waals surface area contributed by atoms with E-state index in [0.29, 0.717) is 36.9 Å². The first kappa shape index (κ1) is 19.8. The number of fused-ring (bicyclic) bond motifs is 1. The summed E-state index contributed by atoms with van der Waals surface area (Å²) < 4.78 is 11.2. The molecule has 0 fully saturated rings. The van der Waals surface area contributed by atoms with Gasteiger partial charge < -0.3 is 19.7 Å². The summed E-state index contributed by atoms with van der Waals surface area (Å²) in [6.45, 7) is 5.86. The number of amides is 1. The van der Waals surface area contributed by atoms with Crippen LogP contribution >= 0.6 is 0 Å². The van der Waals surface area contributed by atoms with E-state index in [9.17, 15) is 4.79 Å². The molecule has 0 bridgehead atoms. The van der Waals surface area contributed by atoms with Crippen molar-refractivity contribution in [1.29, 1.82) is 0 Å². The summed E-state index contributed by atoms with van der Waals surface area (Å²) in [5, 5.41) is 3.07. The van der Waals surface area contributed by atoms with Crippen molar-refractivity contribution >= 4 is 17.3 Å². The number of carbonyl (C=O) groups is 1. The Morgan fingerprint density at radius 3 is 2.47 bits per heavy atom. The molecular formula is C25H26N2O3. The van der Waals surface area contributed by atoms with Crippen molar-refractivity contribution in [3.05, 3.63) is 83.9 Å². The van der Waals surface area contributed by atoms with Gasteiger partial charge in [-0.05, 0) is 49.2 Å². The number of ether oxygens (including phenoxy) is 2. The van der Waals surface area contributed by atoms with Crippen LogP contribution in [0.1, 0.15) is 24.1 Å². The van der Waals surface area contributed by atoms with Crippen molar-refractivity contribution in [2.45, 2.75) is 19.9 Å². The van der Waals surface area contributed by atoms with E-state index < -0.39 is 6.04 Å². The number of nitrogens with zero attached hydrogens (tertiary/aromatic N) is 1. The van der Waals surface area contributed by atoms with E-state index in [2.05, 4.69) is 36.2 Å².